The van der Waals surface area contributed by atoms with Gasteiger partial charge in [0.05, 0.1) is 5.56 Å². The van der Waals surface area contributed by atoms with Gasteiger partial charge in [0.1, 0.15) is 17.7 Å². The number of aromatic nitrogens is 2. The maximum atomic E-state index is 5.83. The van der Waals surface area contributed by atoms with Crippen molar-refractivity contribution in [1.82, 2.24) is 9.97 Å². The predicted molar refractivity (Wildman–Crippen MR) is 61.3 cm³/mol. The molecule has 0 aliphatic rings. The Kier molecular flexibility index (Phi) is 3.50. The molecular weight excluding hydrogens is 190 g/mol. The molecule has 0 aromatic carbocycles. The normalized spacial score (nSPS) is 11.3. The molecule has 0 saturated carbocycles. The second kappa shape index (κ2) is 4.47. The van der Waals surface area contributed by atoms with E-state index in [9.17, 15) is 0 Å². The van der Waals surface area contributed by atoms with Crippen molar-refractivity contribution in [1.29, 1.82) is 0 Å². The van der Waals surface area contributed by atoms with E-state index < -0.39 is 0 Å². The van der Waals surface area contributed by atoms with Crippen LogP contribution in [-0.4, -0.2) is 22.6 Å². The van der Waals surface area contributed by atoms with Crippen LogP contribution in [0.25, 0.3) is 0 Å². The van der Waals surface area contributed by atoms with Gasteiger partial charge in [-0.25, -0.2) is 9.97 Å². The van der Waals surface area contributed by atoms with Crippen LogP contribution in [0.1, 0.15) is 32.8 Å². The first kappa shape index (κ1) is 11.8. The molecule has 0 fully saturated rings. The SMILES string of the molecule is CCC(C)(C)Oc1ncnc(NC)c1C. The van der Waals surface area contributed by atoms with Crippen molar-refractivity contribution >= 4 is 5.82 Å². The first-order valence-electron chi connectivity index (χ1n) is 5.18. The van der Waals surface area contributed by atoms with Gasteiger partial charge in [-0.1, -0.05) is 6.92 Å². The number of rotatable bonds is 4. The van der Waals surface area contributed by atoms with Crippen molar-refractivity contribution in [2.45, 2.75) is 39.7 Å². The van der Waals surface area contributed by atoms with E-state index in [4.69, 9.17) is 4.74 Å². The number of anilines is 1. The van der Waals surface area contributed by atoms with E-state index in [0.717, 1.165) is 17.8 Å². The van der Waals surface area contributed by atoms with Crippen LogP contribution < -0.4 is 10.1 Å². The lowest BCUT2D eigenvalue weighted by atomic mass is 10.1. The maximum Gasteiger partial charge on any atom is 0.222 e. The van der Waals surface area contributed by atoms with E-state index in [0.29, 0.717) is 5.88 Å². The summed E-state index contributed by atoms with van der Waals surface area (Å²) in [5, 5.41) is 3.01. The van der Waals surface area contributed by atoms with Crippen molar-refractivity contribution < 1.29 is 4.74 Å². The smallest absolute Gasteiger partial charge is 0.222 e. The van der Waals surface area contributed by atoms with Gasteiger partial charge in [0.15, 0.2) is 0 Å². The van der Waals surface area contributed by atoms with Crippen molar-refractivity contribution in [3.63, 3.8) is 0 Å². The van der Waals surface area contributed by atoms with E-state index in [1.54, 1.807) is 0 Å². The Morgan fingerprint density at radius 2 is 2.07 bits per heavy atom. The molecule has 4 heteroatoms. The summed E-state index contributed by atoms with van der Waals surface area (Å²) < 4.78 is 5.83. The summed E-state index contributed by atoms with van der Waals surface area (Å²) in [6.45, 7) is 8.14. The minimum atomic E-state index is -0.190. The zero-order valence-electron chi connectivity index (χ0n) is 10.1. The zero-order valence-corrected chi connectivity index (χ0v) is 10.1. The van der Waals surface area contributed by atoms with Gasteiger partial charge in [-0.3, -0.25) is 0 Å². The molecule has 1 heterocycles. The highest BCUT2D eigenvalue weighted by molar-refractivity contribution is 5.47. The number of hydrogen-bond donors (Lipinski definition) is 1. The lowest BCUT2D eigenvalue weighted by Crippen LogP contribution is -2.27. The molecule has 0 unspecified atom stereocenters. The molecule has 0 aliphatic heterocycles. The predicted octanol–water partition coefficient (Wildman–Crippen LogP) is 2.39. The fraction of sp³-hybridized carbons (Fsp3) is 0.636. The van der Waals surface area contributed by atoms with Gasteiger partial charge >= 0.3 is 0 Å². The minimum absolute atomic E-state index is 0.190. The summed E-state index contributed by atoms with van der Waals surface area (Å²) in [5.41, 5.74) is 0.756. The molecule has 15 heavy (non-hydrogen) atoms. The largest absolute Gasteiger partial charge is 0.471 e. The molecule has 0 aliphatic carbocycles. The van der Waals surface area contributed by atoms with E-state index in [1.165, 1.54) is 6.33 Å². The molecule has 0 bridgehead atoms. The lowest BCUT2D eigenvalue weighted by Gasteiger charge is -2.25. The molecule has 4 nitrogen and oxygen atoms in total. The van der Waals surface area contributed by atoms with Gasteiger partial charge in [-0.2, -0.15) is 0 Å². The Morgan fingerprint density at radius 1 is 1.40 bits per heavy atom. The second-order valence-corrected chi connectivity index (χ2v) is 4.12. The van der Waals surface area contributed by atoms with Crippen LogP contribution in [0.15, 0.2) is 6.33 Å². The Hall–Kier alpha value is -1.32. The number of ether oxygens (including phenoxy) is 1. The zero-order chi connectivity index (χ0) is 11.5. The topological polar surface area (TPSA) is 47.0 Å². The first-order chi connectivity index (χ1) is 7.00. The fourth-order valence-corrected chi connectivity index (χ4v) is 1.12. The molecule has 0 radical (unpaired) electrons. The van der Waals surface area contributed by atoms with Crippen LogP contribution in [0.5, 0.6) is 5.88 Å². The van der Waals surface area contributed by atoms with Crippen molar-refractivity contribution in [3.05, 3.63) is 11.9 Å². The maximum absolute atomic E-state index is 5.83. The van der Waals surface area contributed by atoms with E-state index in [-0.39, 0.29) is 5.60 Å². The molecule has 0 saturated heterocycles. The van der Waals surface area contributed by atoms with Gasteiger partial charge in [0, 0.05) is 7.05 Å². The van der Waals surface area contributed by atoms with E-state index in [2.05, 4.69) is 22.2 Å². The van der Waals surface area contributed by atoms with Crippen LogP contribution in [0.4, 0.5) is 5.82 Å². The Morgan fingerprint density at radius 3 is 2.60 bits per heavy atom. The van der Waals surface area contributed by atoms with Crippen LogP contribution in [0.3, 0.4) is 0 Å². The third kappa shape index (κ3) is 2.81. The highest BCUT2D eigenvalue weighted by Gasteiger charge is 2.19. The number of hydrogen-bond acceptors (Lipinski definition) is 4. The van der Waals surface area contributed by atoms with Crippen molar-refractivity contribution in [2.75, 3.05) is 12.4 Å². The summed E-state index contributed by atoms with van der Waals surface area (Å²) in [6, 6.07) is 0. The summed E-state index contributed by atoms with van der Waals surface area (Å²) in [6.07, 6.45) is 2.45. The Balaban J connectivity index is 2.95. The monoisotopic (exact) mass is 209 g/mol. The highest BCUT2D eigenvalue weighted by atomic mass is 16.5. The molecule has 0 atom stereocenters. The van der Waals surface area contributed by atoms with Crippen molar-refractivity contribution in [2.24, 2.45) is 0 Å². The van der Waals surface area contributed by atoms with Gasteiger partial charge in [-0.15, -0.1) is 0 Å². The lowest BCUT2D eigenvalue weighted by molar-refractivity contribution is 0.0979. The standard InChI is InChI=1S/C11H19N3O/c1-6-11(3,4)15-10-8(2)9(12-5)13-7-14-10/h7H,6H2,1-5H3,(H,12,13,14). The third-order valence-electron chi connectivity index (χ3n) is 2.50. The average molecular weight is 209 g/mol. The van der Waals surface area contributed by atoms with Gasteiger partial charge in [0.2, 0.25) is 5.88 Å². The Labute approximate surface area is 91.1 Å². The quantitative estimate of drug-likeness (QED) is 0.827. The van der Waals surface area contributed by atoms with Crippen LogP contribution in [-0.2, 0) is 0 Å². The minimum Gasteiger partial charge on any atom is -0.471 e. The number of nitrogens with one attached hydrogen (secondary N) is 1. The second-order valence-electron chi connectivity index (χ2n) is 4.12. The molecule has 84 valence electrons. The van der Waals surface area contributed by atoms with E-state index in [1.807, 2.05) is 27.8 Å². The molecule has 0 amide bonds. The van der Waals surface area contributed by atoms with Gasteiger partial charge in [0.25, 0.3) is 0 Å². The van der Waals surface area contributed by atoms with Crippen LogP contribution in [0.2, 0.25) is 0 Å². The molecule has 1 aromatic heterocycles. The summed E-state index contributed by atoms with van der Waals surface area (Å²) >= 11 is 0. The highest BCUT2D eigenvalue weighted by Crippen LogP contribution is 2.25. The van der Waals surface area contributed by atoms with Crippen molar-refractivity contribution in [3.8, 4) is 5.88 Å². The fourth-order valence-electron chi connectivity index (χ4n) is 1.12. The molecule has 1 N–H and O–H groups in total. The molecule has 1 rings (SSSR count). The molecule has 1 aromatic rings. The molecule has 0 spiro atoms. The van der Waals surface area contributed by atoms with Crippen LogP contribution >= 0.6 is 0 Å². The van der Waals surface area contributed by atoms with E-state index >= 15 is 0 Å². The van der Waals surface area contributed by atoms with Crippen LogP contribution in [0, 0.1) is 6.92 Å². The number of nitrogens with zero attached hydrogens (tertiary/aromatic N) is 2. The average Bonchev–Trinajstić information content (AvgIpc) is 2.21. The Bertz CT molecular complexity index is 337. The molecular formula is C11H19N3O. The summed E-state index contributed by atoms with van der Waals surface area (Å²) in [4.78, 5) is 8.26. The summed E-state index contributed by atoms with van der Waals surface area (Å²) in [5.74, 6) is 1.47. The van der Waals surface area contributed by atoms with Gasteiger partial charge in [-0.05, 0) is 27.2 Å². The first-order valence-corrected chi connectivity index (χ1v) is 5.18. The van der Waals surface area contributed by atoms with Gasteiger partial charge < -0.3 is 10.1 Å². The summed E-state index contributed by atoms with van der Waals surface area (Å²) in [7, 11) is 1.84. The third-order valence-corrected chi connectivity index (χ3v) is 2.50.